The molecule has 0 unspecified atom stereocenters. The van der Waals surface area contributed by atoms with Crippen LogP contribution in [-0.2, 0) is 16.9 Å². The third kappa shape index (κ3) is 3.49. The Morgan fingerprint density at radius 2 is 1.64 bits per heavy atom. The lowest BCUT2D eigenvalue weighted by Gasteiger charge is -2.31. The lowest BCUT2D eigenvalue weighted by atomic mass is 9.88. The quantitative estimate of drug-likeness (QED) is 0.591. The SMILES string of the molecule is COc1ccc2c(c1)C(=O)N(C[C@@]1(c3ccc(-c4ccc(F)cc4)cc3)NC(=O)NC1=O)C2. The highest BCUT2D eigenvalue weighted by atomic mass is 19.1. The maximum absolute atomic E-state index is 13.2. The second-order valence-electron chi connectivity index (χ2n) is 8.08. The van der Waals surface area contributed by atoms with E-state index >= 15 is 0 Å². The number of fused-ring (bicyclic) bond motifs is 1. The van der Waals surface area contributed by atoms with Crippen LogP contribution in [0.15, 0.2) is 66.7 Å². The summed E-state index contributed by atoms with van der Waals surface area (Å²) in [7, 11) is 1.53. The molecule has 0 radical (unpaired) electrons. The summed E-state index contributed by atoms with van der Waals surface area (Å²) in [5.41, 5.74) is 2.10. The first kappa shape index (κ1) is 20.7. The number of halogens is 1. The number of carbonyl (C=O) groups is 3. The van der Waals surface area contributed by atoms with Crippen molar-refractivity contribution in [3.05, 3.63) is 89.2 Å². The third-order valence-corrected chi connectivity index (χ3v) is 6.12. The van der Waals surface area contributed by atoms with Gasteiger partial charge in [-0.3, -0.25) is 14.9 Å². The van der Waals surface area contributed by atoms with E-state index in [1.54, 1.807) is 53.4 Å². The van der Waals surface area contributed by atoms with Gasteiger partial charge >= 0.3 is 6.03 Å². The number of hydrogen-bond donors (Lipinski definition) is 2. The summed E-state index contributed by atoms with van der Waals surface area (Å²) in [6.45, 7) is 0.285. The van der Waals surface area contributed by atoms with Crippen molar-refractivity contribution < 1.29 is 23.5 Å². The summed E-state index contributed by atoms with van der Waals surface area (Å²) in [5, 5.41) is 5.03. The van der Waals surface area contributed by atoms with Gasteiger partial charge in [0.05, 0.1) is 13.7 Å². The molecule has 166 valence electrons. The van der Waals surface area contributed by atoms with Crippen LogP contribution in [0, 0.1) is 5.82 Å². The van der Waals surface area contributed by atoms with E-state index < -0.39 is 17.5 Å². The van der Waals surface area contributed by atoms with E-state index in [1.165, 1.54) is 19.2 Å². The van der Waals surface area contributed by atoms with Crippen LogP contribution in [-0.4, -0.2) is 36.4 Å². The molecule has 2 aliphatic rings. The van der Waals surface area contributed by atoms with E-state index in [4.69, 9.17) is 4.74 Å². The van der Waals surface area contributed by atoms with Gasteiger partial charge in [-0.25, -0.2) is 9.18 Å². The highest BCUT2D eigenvalue weighted by Gasteiger charge is 2.50. The van der Waals surface area contributed by atoms with Gasteiger partial charge in [-0.15, -0.1) is 0 Å². The standard InChI is InChI=1S/C25H20FN3O4/c1-33-20-11-6-17-13-29(22(30)21(17)12-20)14-25(23(31)27-24(32)28-25)18-7-2-15(3-8-18)16-4-9-19(26)10-5-16/h2-12H,13-14H2,1H3,(H2,27,28,31,32)/t25-/m0/s1. The molecular formula is C25H20FN3O4. The molecule has 1 saturated heterocycles. The fraction of sp³-hybridized carbons (Fsp3) is 0.160. The minimum absolute atomic E-state index is 0.0315. The lowest BCUT2D eigenvalue weighted by molar-refractivity contribution is -0.124. The Kier molecular flexibility index (Phi) is 4.85. The van der Waals surface area contributed by atoms with Gasteiger partial charge in [0.15, 0.2) is 5.54 Å². The monoisotopic (exact) mass is 445 g/mol. The summed E-state index contributed by atoms with van der Waals surface area (Å²) in [6, 6.07) is 17.8. The first-order valence-corrected chi connectivity index (χ1v) is 10.4. The van der Waals surface area contributed by atoms with E-state index in [0.717, 1.165) is 16.7 Å². The van der Waals surface area contributed by atoms with Crippen molar-refractivity contribution in [3.63, 3.8) is 0 Å². The Labute approximate surface area is 189 Å². The maximum atomic E-state index is 13.2. The lowest BCUT2D eigenvalue weighted by Crippen LogP contribution is -2.52. The molecular weight excluding hydrogens is 425 g/mol. The topological polar surface area (TPSA) is 87.7 Å². The molecule has 5 rings (SSSR count). The summed E-state index contributed by atoms with van der Waals surface area (Å²) in [4.78, 5) is 39.7. The number of imide groups is 1. The molecule has 4 amide bonds. The molecule has 8 heteroatoms. The van der Waals surface area contributed by atoms with Crippen LogP contribution in [0.25, 0.3) is 11.1 Å². The van der Waals surface area contributed by atoms with E-state index in [0.29, 0.717) is 23.4 Å². The number of rotatable bonds is 5. The van der Waals surface area contributed by atoms with Crippen LogP contribution in [0.3, 0.4) is 0 Å². The van der Waals surface area contributed by atoms with Gasteiger partial charge in [-0.2, -0.15) is 0 Å². The fourth-order valence-corrected chi connectivity index (χ4v) is 4.37. The zero-order valence-electron chi connectivity index (χ0n) is 17.7. The fourth-order valence-electron chi connectivity index (χ4n) is 4.37. The Balaban J connectivity index is 1.47. The van der Waals surface area contributed by atoms with E-state index in [1.807, 2.05) is 6.07 Å². The number of ether oxygens (including phenoxy) is 1. The Morgan fingerprint density at radius 3 is 2.24 bits per heavy atom. The Morgan fingerprint density at radius 1 is 0.970 bits per heavy atom. The van der Waals surface area contributed by atoms with Gasteiger partial charge in [-0.05, 0) is 46.5 Å². The second-order valence-corrected chi connectivity index (χ2v) is 8.08. The van der Waals surface area contributed by atoms with E-state index in [2.05, 4.69) is 10.6 Å². The predicted octanol–water partition coefficient (Wildman–Crippen LogP) is 3.19. The number of amides is 4. The van der Waals surface area contributed by atoms with Crippen molar-refractivity contribution in [2.75, 3.05) is 13.7 Å². The van der Waals surface area contributed by atoms with Crippen molar-refractivity contribution in [3.8, 4) is 16.9 Å². The number of hydrogen-bond acceptors (Lipinski definition) is 4. The number of nitrogens with one attached hydrogen (secondary N) is 2. The van der Waals surface area contributed by atoms with Crippen molar-refractivity contribution in [2.24, 2.45) is 0 Å². The molecule has 0 saturated carbocycles. The smallest absolute Gasteiger partial charge is 0.322 e. The van der Waals surface area contributed by atoms with Gasteiger partial charge in [0.2, 0.25) is 0 Å². The molecule has 2 heterocycles. The van der Waals surface area contributed by atoms with Gasteiger partial charge < -0.3 is 15.0 Å². The zero-order chi connectivity index (χ0) is 23.2. The number of methoxy groups -OCH3 is 1. The van der Waals surface area contributed by atoms with Crippen LogP contribution >= 0.6 is 0 Å². The third-order valence-electron chi connectivity index (χ3n) is 6.12. The van der Waals surface area contributed by atoms with Crippen molar-refractivity contribution >= 4 is 17.8 Å². The van der Waals surface area contributed by atoms with Crippen LogP contribution < -0.4 is 15.4 Å². The number of urea groups is 1. The maximum Gasteiger partial charge on any atom is 0.322 e. The number of nitrogens with zero attached hydrogens (tertiary/aromatic N) is 1. The number of carbonyl (C=O) groups excluding carboxylic acids is 3. The Hall–Kier alpha value is -4.20. The largest absolute Gasteiger partial charge is 0.497 e. The summed E-state index contributed by atoms with van der Waals surface area (Å²) >= 11 is 0. The highest BCUT2D eigenvalue weighted by Crippen LogP contribution is 2.33. The van der Waals surface area contributed by atoms with Crippen molar-refractivity contribution in [1.29, 1.82) is 0 Å². The Bertz CT molecular complexity index is 1270. The predicted molar refractivity (Wildman–Crippen MR) is 118 cm³/mol. The minimum Gasteiger partial charge on any atom is -0.497 e. The summed E-state index contributed by atoms with van der Waals surface area (Å²) < 4.78 is 18.5. The molecule has 3 aromatic carbocycles. The van der Waals surface area contributed by atoms with Crippen LogP contribution in [0.4, 0.5) is 9.18 Å². The average Bonchev–Trinajstić information content (AvgIpc) is 3.29. The molecule has 2 aliphatic heterocycles. The molecule has 3 aromatic rings. The highest BCUT2D eigenvalue weighted by molar-refractivity contribution is 6.08. The molecule has 1 fully saturated rings. The van der Waals surface area contributed by atoms with Crippen molar-refractivity contribution in [1.82, 2.24) is 15.5 Å². The average molecular weight is 445 g/mol. The molecule has 1 atom stereocenters. The summed E-state index contributed by atoms with van der Waals surface area (Å²) in [6.07, 6.45) is 0. The molecule has 0 spiro atoms. The van der Waals surface area contributed by atoms with E-state index in [-0.39, 0.29) is 18.3 Å². The number of benzene rings is 3. The molecule has 33 heavy (non-hydrogen) atoms. The molecule has 0 aromatic heterocycles. The first-order valence-electron chi connectivity index (χ1n) is 10.4. The van der Waals surface area contributed by atoms with Gasteiger partial charge in [-0.1, -0.05) is 42.5 Å². The van der Waals surface area contributed by atoms with E-state index in [9.17, 15) is 18.8 Å². The second kappa shape index (κ2) is 7.74. The van der Waals surface area contributed by atoms with Gasteiger partial charge in [0, 0.05) is 12.1 Å². The van der Waals surface area contributed by atoms with Crippen LogP contribution in [0.2, 0.25) is 0 Å². The molecule has 0 aliphatic carbocycles. The zero-order valence-corrected chi connectivity index (χ0v) is 17.7. The molecule has 2 N–H and O–H groups in total. The van der Waals surface area contributed by atoms with Crippen LogP contribution in [0.1, 0.15) is 21.5 Å². The van der Waals surface area contributed by atoms with Gasteiger partial charge in [0.25, 0.3) is 11.8 Å². The first-order chi connectivity index (χ1) is 15.9. The van der Waals surface area contributed by atoms with Gasteiger partial charge in [0.1, 0.15) is 11.6 Å². The van der Waals surface area contributed by atoms with Crippen molar-refractivity contribution in [2.45, 2.75) is 12.1 Å². The molecule has 7 nitrogen and oxygen atoms in total. The van der Waals surface area contributed by atoms with Crippen LogP contribution in [0.5, 0.6) is 5.75 Å². The summed E-state index contributed by atoms with van der Waals surface area (Å²) in [5.74, 6) is -0.515. The molecule has 0 bridgehead atoms. The normalized spacial score (nSPS) is 19.3. The minimum atomic E-state index is -1.43.